The standard InChI is InChI=1S/C17H19ClN4O/c1-12-11-13(18)5-6-14(12)20-16(23)15-7-8-19-17(21-15)22-9-3-2-4-10-22/h5-8,11H,2-4,9-10H2,1H3,(H,20,23). The minimum atomic E-state index is -0.240. The molecule has 6 heteroatoms. The lowest BCUT2D eigenvalue weighted by atomic mass is 10.1. The van der Waals surface area contributed by atoms with Crippen LogP contribution in [-0.2, 0) is 0 Å². The highest BCUT2D eigenvalue weighted by atomic mass is 35.5. The number of aromatic nitrogens is 2. The largest absolute Gasteiger partial charge is 0.341 e. The van der Waals surface area contributed by atoms with Crippen LogP contribution in [0.4, 0.5) is 11.6 Å². The molecule has 1 aliphatic heterocycles. The molecule has 0 spiro atoms. The van der Waals surface area contributed by atoms with Crippen molar-refractivity contribution < 1.29 is 4.79 Å². The van der Waals surface area contributed by atoms with Gasteiger partial charge in [0.05, 0.1) is 0 Å². The third kappa shape index (κ3) is 3.79. The molecule has 120 valence electrons. The molecule has 2 heterocycles. The lowest BCUT2D eigenvalue weighted by Crippen LogP contribution is -2.31. The molecule has 1 aromatic carbocycles. The average molecular weight is 331 g/mol. The number of halogens is 1. The van der Waals surface area contributed by atoms with Gasteiger partial charge in [-0.3, -0.25) is 4.79 Å². The molecule has 0 saturated carbocycles. The zero-order chi connectivity index (χ0) is 16.2. The second-order valence-corrected chi connectivity index (χ2v) is 6.14. The second kappa shape index (κ2) is 6.96. The molecular weight excluding hydrogens is 312 g/mol. The summed E-state index contributed by atoms with van der Waals surface area (Å²) in [4.78, 5) is 23.3. The number of nitrogens with one attached hydrogen (secondary N) is 1. The lowest BCUT2D eigenvalue weighted by Gasteiger charge is -2.26. The first-order valence-electron chi connectivity index (χ1n) is 7.79. The normalized spacial score (nSPS) is 14.6. The Labute approximate surface area is 140 Å². The number of anilines is 2. The molecule has 0 unspecified atom stereocenters. The van der Waals surface area contributed by atoms with E-state index in [0.29, 0.717) is 16.7 Å². The Balaban J connectivity index is 1.76. The first kappa shape index (κ1) is 15.7. The van der Waals surface area contributed by atoms with Crippen LogP contribution in [0, 0.1) is 6.92 Å². The van der Waals surface area contributed by atoms with Gasteiger partial charge in [-0.05, 0) is 56.0 Å². The summed E-state index contributed by atoms with van der Waals surface area (Å²) in [6.07, 6.45) is 5.17. The van der Waals surface area contributed by atoms with E-state index in [1.165, 1.54) is 6.42 Å². The summed E-state index contributed by atoms with van der Waals surface area (Å²) in [5.74, 6) is 0.390. The smallest absolute Gasteiger partial charge is 0.274 e. The number of hydrogen-bond acceptors (Lipinski definition) is 4. The van der Waals surface area contributed by atoms with Crippen LogP contribution in [-0.4, -0.2) is 29.0 Å². The zero-order valence-electron chi connectivity index (χ0n) is 13.1. The Kier molecular flexibility index (Phi) is 4.76. The highest BCUT2D eigenvalue weighted by molar-refractivity contribution is 6.30. The fraction of sp³-hybridized carbons (Fsp3) is 0.353. The predicted molar refractivity (Wildman–Crippen MR) is 92.2 cm³/mol. The molecule has 1 aromatic heterocycles. The first-order valence-corrected chi connectivity index (χ1v) is 8.17. The highest BCUT2D eigenvalue weighted by Gasteiger charge is 2.16. The molecule has 2 aromatic rings. The molecule has 1 fully saturated rings. The monoisotopic (exact) mass is 330 g/mol. The molecule has 5 nitrogen and oxygen atoms in total. The molecule has 3 rings (SSSR count). The van der Waals surface area contributed by atoms with Crippen molar-refractivity contribution in [2.45, 2.75) is 26.2 Å². The number of carbonyl (C=O) groups is 1. The van der Waals surface area contributed by atoms with Crippen LogP contribution in [0.5, 0.6) is 0 Å². The van der Waals surface area contributed by atoms with Crippen LogP contribution in [0.1, 0.15) is 35.3 Å². The summed E-state index contributed by atoms with van der Waals surface area (Å²) in [5, 5.41) is 3.53. The molecule has 1 amide bonds. The minimum absolute atomic E-state index is 0.240. The van der Waals surface area contributed by atoms with E-state index in [0.717, 1.165) is 37.2 Å². The summed E-state index contributed by atoms with van der Waals surface area (Å²) in [5.41, 5.74) is 2.02. The summed E-state index contributed by atoms with van der Waals surface area (Å²) in [6, 6.07) is 7.00. The van der Waals surface area contributed by atoms with Crippen molar-refractivity contribution in [3.8, 4) is 0 Å². The van der Waals surface area contributed by atoms with Crippen molar-refractivity contribution >= 4 is 29.1 Å². The Hall–Kier alpha value is -2.14. The van der Waals surface area contributed by atoms with Crippen molar-refractivity contribution in [2.24, 2.45) is 0 Å². The Morgan fingerprint density at radius 3 is 2.74 bits per heavy atom. The van der Waals surface area contributed by atoms with Gasteiger partial charge in [0.2, 0.25) is 5.95 Å². The van der Waals surface area contributed by atoms with Crippen molar-refractivity contribution in [3.63, 3.8) is 0 Å². The molecule has 1 saturated heterocycles. The minimum Gasteiger partial charge on any atom is -0.341 e. The van der Waals surface area contributed by atoms with E-state index in [-0.39, 0.29) is 5.91 Å². The predicted octanol–water partition coefficient (Wildman–Crippen LogP) is 3.68. The maximum atomic E-state index is 12.4. The Bertz CT molecular complexity index is 713. The fourth-order valence-corrected chi connectivity index (χ4v) is 2.90. The van der Waals surface area contributed by atoms with Crippen LogP contribution >= 0.6 is 11.6 Å². The number of rotatable bonds is 3. The number of carbonyl (C=O) groups excluding carboxylic acids is 1. The number of amides is 1. The molecule has 1 N–H and O–H groups in total. The summed E-state index contributed by atoms with van der Waals surface area (Å²) < 4.78 is 0. The van der Waals surface area contributed by atoms with E-state index in [1.54, 1.807) is 24.4 Å². The summed E-state index contributed by atoms with van der Waals surface area (Å²) in [7, 11) is 0. The average Bonchev–Trinajstić information content (AvgIpc) is 2.58. The van der Waals surface area contributed by atoms with Crippen molar-refractivity contribution in [1.82, 2.24) is 9.97 Å². The molecule has 0 aliphatic carbocycles. The van der Waals surface area contributed by atoms with E-state index in [4.69, 9.17) is 11.6 Å². The zero-order valence-corrected chi connectivity index (χ0v) is 13.8. The van der Waals surface area contributed by atoms with Crippen molar-refractivity contribution in [3.05, 3.63) is 46.7 Å². The maximum absolute atomic E-state index is 12.4. The maximum Gasteiger partial charge on any atom is 0.274 e. The molecule has 0 radical (unpaired) electrons. The molecular formula is C17H19ClN4O. The molecule has 23 heavy (non-hydrogen) atoms. The SMILES string of the molecule is Cc1cc(Cl)ccc1NC(=O)c1ccnc(N2CCCCC2)n1. The number of benzene rings is 1. The fourth-order valence-electron chi connectivity index (χ4n) is 2.67. The van der Waals surface area contributed by atoms with Gasteiger partial charge in [-0.2, -0.15) is 0 Å². The Morgan fingerprint density at radius 2 is 2.00 bits per heavy atom. The summed E-state index contributed by atoms with van der Waals surface area (Å²) in [6.45, 7) is 3.80. The molecule has 0 bridgehead atoms. The topological polar surface area (TPSA) is 58.1 Å². The van der Waals surface area contributed by atoms with E-state index < -0.39 is 0 Å². The van der Waals surface area contributed by atoms with E-state index >= 15 is 0 Å². The number of piperidine rings is 1. The third-order valence-electron chi connectivity index (χ3n) is 3.95. The van der Waals surface area contributed by atoms with Crippen LogP contribution in [0.3, 0.4) is 0 Å². The van der Waals surface area contributed by atoms with Gasteiger partial charge in [-0.25, -0.2) is 9.97 Å². The summed E-state index contributed by atoms with van der Waals surface area (Å²) >= 11 is 5.94. The van der Waals surface area contributed by atoms with Gasteiger partial charge in [0.25, 0.3) is 5.91 Å². The molecule has 0 atom stereocenters. The van der Waals surface area contributed by atoms with Gasteiger partial charge >= 0.3 is 0 Å². The van der Waals surface area contributed by atoms with E-state index in [1.807, 2.05) is 13.0 Å². The van der Waals surface area contributed by atoms with E-state index in [9.17, 15) is 4.79 Å². The lowest BCUT2D eigenvalue weighted by molar-refractivity contribution is 0.102. The highest BCUT2D eigenvalue weighted by Crippen LogP contribution is 2.20. The van der Waals surface area contributed by atoms with Gasteiger partial charge in [0.15, 0.2) is 0 Å². The van der Waals surface area contributed by atoms with Crippen LogP contribution < -0.4 is 10.2 Å². The molecule has 1 aliphatic rings. The third-order valence-corrected chi connectivity index (χ3v) is 4.19. The van der Waals surface area contributed by atoms with Gasteiger partial charge in [0.1, 0.15) is 5.69 Å². The van der Waals surface area contributed by atoms with E-state index in [2.05, 4.69) is 20.2 Å². The Morgan fingerprint density at radius 1 is 1.22 bits per heavy atom. The quantitative estimate of drug-likeness (QED) is 0.932. The first-order chi connectivity index (χ1) is 11.1. The van der Waals surface area contributed by atoms with Gasteiger partial charge in [-0.15, -0.1) is 0 Å². The van der Waals surface area contributed by atoms with Gasteiger partial charge in [0, 0.05) is 30.0 Å². The van der Waals surface area contributed by atoms with Gasteiger partial charge < -0.3 is 10.2 Å². The van der Waals surface area contributed by atoms with Gasteiger partial charge in [-0.1, -0.05) is 11.6 Å². The number of hydrogen-bond donors (Lipinski definition) is 1. The van der Waals surface area contributed by atoms with Crippen LogP contribution in [0.15, 0.2) is 30.5 Å². The number of nitrogens with zero attached hydrogens (tertiary/aromatic N) is 3. The second-order valence-electron chi connectivity index (χ2n) is 5.70. The van der Waals surface area contributed by atoms with Crippen LogP contribution in [0.25, 0.3) is 0 Å². The van der Waals surface area contributed by atoms with Crippen LogP contribution in [0.2, 0.25) is 5.02 Å². The van der Waals surface area contributed by atoms with Crippen molar-refractivity contribution in [1.29, 1.82) is 0 Å². The van der Waals surface area contributed by atoms with Crippen molar-refractivity contribution in [2.75, 3.05) is 23.3 Å². The number of aryl methyl sites for hydroxylation is 1.